The second-order valence-electron chi connectivity index (χ2n) is 3.25. The van der Waals surface area contributed by atoms with Crippen LogP contribution < -0.4 is 9.47 Å². The Labute approximate surface area is 109 Å². The van der Waals surface area contributed by atoms with Crippen LogP contribution in [-0.4, -0.2) is 32.1 Å². The molecule has 1 aromatic rings. The summed E-state index contributed by atoms with van der Waals surface area (Å²) in [5.74, 6) is 0.765. The Morgan fingerprint density at radius 3 is 2.65 bits per heavy atom. The van der Waals surface area contributed by atoms with Crippen LogP contribution in [0, 0.1) is 0 Å². The first-order valence-electron chi connectivity index (χ1n) is 5.18. The van der Waals surface area contributed by atoms with Gasteiger partial charge in [-0.1, -0.05) is 15.9 Å². The van der Waals surface area contributed by atoms with Gasteiger partial charge in [0.05, 0.1) is 26.4 Å². The Bertz CT molecular complexity index is 379. The summed E-state index contributed by atoms with van der Waals surface area (Å²) in [5, 5.41) is 0.867. The van der Waals surface area contributed by atoms with Crippen molar-refractivity contribution < 1.29 is 19.0 Å². The fourth-order valence-electron chi connectivity index (χ4n) is 1.27. The summed E-state index contributed by atoms with van der Waals surface area (Å²) in [6.45, 7) is 0.562. The third kappa shape index (κ3) is 3.93. The molecule has 0 atom stereocenters. The van der Waals surface area contributed by atoms with E-state index in [-0.39, 0.29) is 0 Å². The predicted octanol–water partition coefficient (Wildman–Crippen LogP) is 2.65. The SMILES string of the molecule is COC(=O)c1ccc(OC)c(OCCCBr)c1. The average Bonchev–Trinajstić information content (AvgIpc) is 2.38. The normalized spacial score (nSPS) is 9.82. The van der Waals surface area contributed by atoms with Crippen molar-refractivity contribution in [3.63, 3.8) is 0 Å². The van der Waals surface area contributed by atoms with Gasteiger partial charge < -0.3 is 14.2 Å². The van der Waals surface area contributed by atoms with Crippen molar-refractivity contribution in [1.82, 2.24) is 0 Å². The van der Waals surface area contributed by atoms with Gasteiger partial charge in [-0.25, -0.2) is 4.79 Å². The number of hydrogen-bond donors (Lipinski definition) is 0. The molecule has 4 nitrogen and oxygen atoms in total. The van der Waals surface area contributed by atoms with E-state index in [1.807, 2.05) is 0 Å². The molecule has 0 radical (unpaired) electrons. The molecule has 94 valence electrons. The van der Waals surface area contributed by atoms with Gasteiger partial charge in [0.15, 0.2) is 11.5 Å². The maximum atomic E-state index is 11.4. The molecule has 0 amide bonds. The summed E-state index contributed by atoms with van der Waals surface area (Å²) in [4.78, 5) is 11.4. The number of benzene rings is 1. The summed E-state index contributed by atoms with van der Waals surface area (Å²) in [6.07, 6.45) is 0.881. The lowest BCUT2D eigenvalue weighted by Crippen LogP contribution is -2.04. The highest BCUT2D eigenvalue weighted by Gasteiger charge is 2.11. The number of hydrogen-bond acceptors (Lipinski definition) is 4. The first-order chi connectivity index (χ1) is 8.22. The number of alkyl halides is 1. The molecule has 0 spiro atoms. The fourth-order valence-corrected chi connectivity index (χ4v) is 1.50. The Kier molecular flexibility index (Phi) is 5.83. The summed E-state index contributed by atoms with van der Waals surface area (Å²) in [7, 11) is 2.91. The highest BCUT2D eigenvalue weighted by Crippen LogP contribution is 2.28. The summed E-state index contributed by atoms with van der Waals surface area (Å²) >= 11 is 3.32. The smallest absolute Gasteiger partial charge is 0.337 e. The largest absolute Gasteiger partial charge is 0.493 e. The quantitative estimate of drug-likeness (QED) is 0.460. The Hall–Kier alpha value is -1.23. The topological polar surface area (TPSA) is 44.8 Å². The van der Waals surface area contributed by atoms with Gasteiger partial charge >= 0.3 is 5.97 Å². The Balaban J connectivity index is 2.86. The van der Waals surface area contributed by atoms with Crippen molar-refractivity contribution in [2.75, 3.05) is 26.2 Å². The van der Waals surface area contributed by atoms with Crippen LogP contribution in [0.2, 0.25) is 0 Å². The molecule has 5 heteroatoms. The number of carbonyl (C=O) groups is 1. The predicted molar refractivity (Wildman–Crippen MR) is 68.2 cm³/mol. The lowest BCUT2D eigenvalue weighted by Gasteiger charge is -2.11. The molecular weight excluding hydrogens is 288 g/mol. The minimum absolute atomic E-state index is 0.391. The summed E-state index contributed by atoms with van der Waals surface area (Å²) in [6, 6.07) is 4.95. The second-order valence-corrected chi connectivity index (χ2v) is 4.04. The number of ether oxygens (including phenoxy) is 3. The van der Waals surface area contributed by atoms with E-state index in [1.165, 1.54) is 7.11 Å². The molecule has 0 aliphatic carbocycles. The molecule has 0 aliphatic heterocycles. The van der Waals surface area contributed by atoms with Gasteiger partial charge in [-0.05, 0) is 24.6 Å². The molecule has 17 heavy (non-hydrogen) atoms. The van der Waals surface area contributed by atoms with Gasteiger partial charge in [-0.15, -0.1) is 0 Å². The zero-order chi connectivity index (χ0) is 12.7. The van der Waals surface area contributed by atoms with E-state index >= 15 is 0 Å². The molecule has 1 aromatic carbocycles. The lowest BCUT2D eigenvalue weighted by molar-refractivity contribution is 0.0600. The van der Waals surface area contributed by atoms with Crippen LogP contribution in [0.15, 0.2) is 18.2 Å². The maximum Gasteiger partial charge on any atom is 0.337 e. The van der Waals surface area contributed by atoms with E-state index in [4.69, 9.17) is 9.47 Å². The van der Waals surface area contributed by atoms with Crippen LogP contribution in [0.3, 0.4) is 0 Å². The van der Waals surface area contributed by atoms with E-state index in [0.717, 1.165) is 11.8 Å². The molecule has 0 saturated heterocycles. The van der Waals surface area contributed by atoms with Crippen molar-refractivity contribution in [3.8, 4) is 11.5 Å². The molecule has 0 N–H and O–H groups in total. The van der Waals surface area contributed by atoms with Crippen LogP contribution in [0.4, 0.5) is 0 Å². The van der Waals surface area contributed by atoms with Crippen molar-refractivity contribution in [2.24, 2.45) is 0 Å². The monoisotopic (exact) mass is 302 g/mol. The maximum absolute atomic E-state index is 11.4. The molecule has 0 fully saturated rings. The molecule has 0 aliphatic rings. The van der Waals surface area contributed by atoms with Crippen LogP contribution >= 0.6 is 15.9 Å². The molecule has 1 rings (SSSR count). The van der Waals surface area contributed by atoms with Gasteiger partial charge in [0.25, 0.3) is 0 Å². The number of methoxy groups -OCH3 is 2. The van der Waals surface area contributed by atoms with Gasteiger partial charge in [0.1, 0.15) is 0 Å². The summed E-state index contributed by atoms with van der Waals surface area (Å²) < 4.78 is 15.3. The fraction of sp³-hybridized carbons (Fsp3) is 0.417. The third-order valence-electron chi connectivity index (χ3n) is 2.12. The molecule has 0 saturated carbocycles. The summed E-state index contributed by atoms with van der Waals surface area (Å²) in [5.41, 5.74) is 0.446. The third-order valence-corrected chi connectivity index (χ3v) is 2.68. The molecule has 0 aromatic heterocycles. The van der Waals surface area contributed by atoms with E-state index in [0.29, 0.717) is 23.7 Å². The van der Waals surface area contributed by atoms with Gasteiger partial charge in [0.2, 0.25) is 0 Å². The number of rotatable bonds is 6. The van der Waals surface area contributed by atoms with E-state index in [2.05, 4.69) is 20.7 Å². The lowest BCUT2D eigenvalue weighted by atomic mass is 10.2. The molecule has 0 heterocycles. The van der Waals surface area contributed by atoms with Crippen LogP contribution in [0.25, 0.3) is 0 Å². The first-order valence-corrected chi connectivity index (χ1v) is 6.30. The van der Waals surface area contributed by atoms with Crippen molar-refractivity contribution in [3.05, 3.63) is 23.8 Å². The van der Waals surface area contributed by atoms with Crippen molar-refractivity contribution >= 4 is 21.9 Å². The Morgan fingerprint density at radius 1 is 1.29 bits per heavy atom. The zero-order valence-corrected chi connectivity index (χ0v) is 11.5. The van der Waals surface area contributed by atoms with Crippen LogP contribution in [0.1, 0.15) is 16.8 Å². The zero-order valence-electron chi connectivity index (χ0n) is 9.86. The van der Waals surface area contributed by atoms with Crippen LogP contribution in [-0.2, 0) is 4.74 Å². The highest BCUT2D eigenvalue weighted by molar-refractivity contribution is 9.09. The minimum Gasteiger partial charge on any atom is -0.493 e. The highest BCUT2D eigenvalue weighted by atomic mass is 79.9. The van der Waals surface area contributed by atoms with E-state index in [1.54, 1.807) is 25.3 Å². The van der Waals surface area contributed by atoms with Crippen LogP contribution in [0.5, 0.6) is 11.5 Å². The van der Waals surface area contributed by atoms with Gasteiger partial charge in [-0.2, -0.15) is 0 Å². The molecule has 0 unspecified atom stereocenters. The standard InChI is InChI=1S/C12H15BrO4/c1-15-10-5-4-9(12(14)16-2)8-11(10)17-7-3-6-13/h4-5,8H,3,6-7H2,1-2H3. The van der Waals surface area contributed by atoms with Gasteiger partial charge in [-0.3, -0.25) is 0 Å². The van der Waals surface area contributed by atoms with Crippen molar-refractivity contribution in [1.29, 1.82) is 0 Å². The van der Waals surface area contributed by atoms with Gasteiger partial charge in [0, 0.05) is 5.33 Å². The number of halogens is 1. The van der Waals surface area contributed by atoms with E-state index in [9.17, 15) is 4.79 Å². The van der Waals surface area contributed by atoms with Crippen molar-refractivity contribution in [2.45, 2.75) is 6.42 Å². The Morgan fingerprint density at radius 2 is 2.06 bits per heavy atom. The second kappa shape index (κ2) is 7.17. The average molecular weight is 303 g/mol. The minimum atomic E-state index is -0.391. The first kappa shape index (κ1) is 13.8. The number of carbonyl (C=O) groups excluding carboxylic acids is 1. The number of esters is 1. The molecule has 0 bridgehead atoms. The molecular formula is C12H15BrO4. The van der Waals surface area contributed by atoms with E-state index < -0.39 is 5.97 Å².